The first-order valence-electron chi connectivity index (χ1n) is 1.64. The van der Waals surface area contributed by atoms with E-state index >= 15 is 0 Å². The Balaban J connectivity index is 0.000000250. The Bertz CT molecular complexity index is 46.8. The molecule has 0 saturated carbocycles. The van der Waals surface area contributed by atoms with E-state index in [1.807, 2.05) is 0 Å². The summed E-state index contributed by atoms with van der Waals surface area (Å²) >= 11 is 0. The zero-order valence-electron chi connectivity index (χ0n) is 3.35. The third kappa shape index (κ3) is 1.03. The highest BCUT2D eigenvalue weighted by atomic mass is 16.6. The van der Waals surface area contributed by atoms with E-state index in [0.717, 1.165) is 13.0 Å². The van der Waals surface area contributed by atoms with Gasteiger partial charge in [-0.25, -0.2) is 0 Å². The molecule has 0 aromatic rings. The average molecular weight is 89.1 g/mol. The van der Waals surface area contributed by atoms with Gasteiger partial charge in [0.2, 0.25) is 0 Å². The lowest BCUT2D eigenvalue weighted by atomic mass is 10.5. The van der Waals surface area contributed by atoms with Gasteiger partial charge < -0.3 is 10.3 Å². The van der Waals surface area contributed by atoms with Gasteiger partial charge in [0, 0.05) is 12.6 Å². The van der Waals surface area contributed by atoms with Crippen molar-refractivity contribution in [3.63, 3.8) is 0 Å². The maximum absolute atomic E-state index is 4.51. The SMILES string of the molecule is C1=NOCC1.O. The largest absolute Gasteiger partial charge is 0.412 e. The van der Waals surface area contributed by atoms with E-state index in [1.165, 1.54) is 0 Å². The minimum Gasteiger partial charge on any atom is -0.412 e. The molecular formula is C3H7NO2. The number of oxime groups is 1. The van der Waals surface area contributed by atoms with Crippen molar-refractivity contribution >= 4 is 6.21 Å². The Kier molecular flexibility index (Phi) is 2.40. The van der Waals surface area contributed by atoms with Crippen molar-refractivity contribution < 1.29 is 10.3 Å². The molecule has 0 aromatic carbocycles. The lowest BCUT2D eigenvalue weighted by Gasteiger charge is -1.76. The quantitative estimate of drug-likeness (QED) is 0.397. The molecule has 0 saturated heterocycles. The van der Waals surface area contributed by atoms with Crippen LogP contribution in [0.3, 0.4) is 0 Å². The second kappa shape index (κ2) is 2.66. The van der Waals surface area contributed by atoms with Gasteiger partial charge in [0.25, 0.3) is 0 Å². The van der Waals surface area contributed by atoms with Crippen molar-refractivity contribution in [2.75, 3.05) is 6.61 Å². The molecule has 1 heterocycles. The van der Waals surface area contributed by atoms with E-state index in [-0.39, 0.29) is 5.48 Å². The van der Waals surface area contributed by atoms with Crippen molar-refractivity contribution in [2.24, 2.45) is 5.16 Å². The molecule has 36 valence electrons. The molecule has 3 heteroatoms. The number of hydrogen-bond acceptors (Lipinski definition) is 2. The van der Waals surface area contributed by atoms with Gasteiger partial charge in [-0.3, -0.25) is 0 Å². The Morgan fingerprint density at radius 1 is 1.67 bits per heavy atom. The highest BCUT2D eigenvalue weighted by Crippen LogP contribution is 1.86. The summed E-state index contributed by atoms with van der Waals surface area (Å²) in [6.07, 6.45) is 2.75. The zero-order chi connectivity index (χ0) is 3.54. The van der Waals surface area contributed by atoms with E-state index in [0.29, 0.717) is 0 Å². The van der Waals surface area contributed by atoms with E-state index in [1.54, 1.807) is 6.21 Å². The van der Waals surface area contributed by atoms with Gasteiger partial charge in [-0.1, -0.05) is 5.16 Å². The maximum Gasteiger partial charge on any atom is 0.122 e. The molecule has 0 atom stereocenters. The van der Waals surface area contributed by atoms with Gasteiger partial charge in [0.05, 0.1) is 0 Å². The molecule has 1 rings (SSSR count). The van der Waals surface area contributed by atoms with Crippen LogP contribution in [0.2, 0.25) is 0 Å². The van der Waals surface area contributed by atoms with Crippen LogP contribution in [0, 0.1) is 0 Å². The summed E-state index contributed by atoms with van der Waals surface area (Å²) < 4.78 is 0. The predicted octanol–water partition coefficient (Wildman–Crippen LogP) is -0.432. The summed E-state index contributed by atoms with van der Waals surface area (Å²) in [7, 11) is 0. The fourth-order valence-electron chi connectivity index (χ4n) is 0.264. The van der Waals surface area contributed by atoms with Crippen molar-refractivity contribution in [3.05, 3.63) is 0 Å². The predicted molar refractivity (Wildman–Crippen MR) is 22.7 cm³/mol. The van der Waals surface area contributed by atoms with Crippen LogP contribution >= 0.6 is 0 Å². The van der Waals surface area contributed by atoms with Crippen LogP contribution in [0.25, 0.3) is 0 Å². The van der Waals surface area contributed by atoms with Crippen molar-refractivity contribution in [1.82, 2.24) is 0 Å². The molecule has 0 bridgehead atoms. The molecule has 0 amide bonds. The summed E-state index contributed by atoms with van der Waals surface area (Å²) in [6.45, 7) is 0.778. The monoisotopic (exact) mass is 89.0 g/mol. The molecule has 0 fully saturated rings. The summed E-state index contributed by atoms with van der Waals surface area (Å²) in [5, 5.41) is 3.46. The number of nitrogens with zero attached hydrogens (tertiary/aromatic N) is 1. The molecule has 1 aliphatic heterocycles. The molecule has 0 aromatic heterocycles. The van der Waals surface area contributed by atoms with Crippen LogP contribution in [0.1, 0.15) is 6.42 Å². The minimum atomic E-state index is 0. The Morgan fingerprint density at radius 3 is 2.67 bits per heavy atom. The third-order valence-corrected chi connectivity index (χ3v) is 0.487. The summed E-state index contributed by atoms with van der Waals surface area (Å²) in [4.78, 5) is 4.51. The first-order chi connectivity index (χ1) is 2.50. The standard InChI is InChI=1S/C3H5NO.H2O/c1-2-4-5-3-1;/h2H,1,3H2;1H2. The normalized spacial score (nSPS) is 16.0. The fraction of sp³-hybridized carbons (Fsp3) is 0.667. The van der Waals surface area contributed by atoms with E-state index in [9.17, 15) is 0 Å². The zero-order valence-corrected chi connectivity index (χ0v) is 3.35. The van der Waals surface area contributed by atoms with E-state index < -0.39 is 0 Å². The molecule has 2 N–H and O–H groups in total. The Labute approximate surface area is 35.9 Å². The third-order valence-electron chi connectivity index (χ3n) is 0.487. The smallest absolute Gasteiger partial charge is 0.122 e. The summed E-state index contributed by atoms with van der Waals surface area (Å²) in [5.74, 6) is 0. The molecule has 0 radical (unpaired) electrons. The average Bonchev–Trinajstić information content (AvgIpc) is 1.76. The molecule has 3 nitrogen and oxygen atoms in total. The van der Waals surface area contributed by atoms with Gasteiger partial charge in [-0.05, 0) is 0 Å². The lowest BCUT2D eigenvalue weighted by Crippen LogP contribution is -1.72. The number of hydrogen-bond donors (Lipinski definition) is 0. The van der Waals surface area contributed by atoms with Crippen molar-refractivity contribution in [1.29, 1.82) is 0 Å². The van der Waals surface area contributed by atoms with Crippen LogP contribution in [0.15, 0.2) is 5.16 Å². The molecule has 1 aliphatic rings. The Morgan fingerprint density at radius 2 is 2.50 bits per heavy atom. The van der Waals surface area contributed by atoms with Crippen LogP contribution in [0.4, 0.5) is 0 Å². The minimum absolute atomic E-state index is 0. The molecular weight excluding hydrogens is 82.0 g/mol. The van der Waals surface area contributed by atoms with E-state index in [4.69, 9.17) is 0 Å². The first kappa shape index (κ1) is 5.43. The van der Waals surface area contributed by atoms with Crippen molar-refractivity contribution in [2.45, 2.75) is 6.42 Å². The maximum atomic E-state index is 4.51. The van der Waals surface area contributed by atoms with Crippen LogP contribution < -0.4 is 0 Å². The van der Waals surface area contributed by atoms with E-state index in [2.05, 4.69) is 9.99 Å². The highest BCUT2D eigenvalue weighted by molar-refractivity contribution is 5.57. The Hall–Kier alpha value is -0.570. The van der Waals surface area contributed by atoms with Gasteiger partial charge in [0.1, 0.15) is 6.61 Å². The van der Waals surface area contributed by atoms with Gasteiger partial charge >= 0.3 is 0 Å². The molecule has 6 heavy (non-hydrogen) atoms. The van der Waals surface area contributed by atoms with Crippen LogP contribution in [-0.2, 0) is 4.84 Å². The first-order valence-corrected chi connectivity index (χ1v) is 1.64. The lowest BCUT2D eigenvalue weighted by molar-refractivity contribution is 0.174. The second-order valence-corrected chi connectivity index (χ2v) is 0.910. The second-order valence-electron chi connectivity index (χ2n) is 0.910. The fourth-order valence-corrected chi connectivity index (χ4v) is 0.264. The van der Waals surface area contributed by atoms with Gasteiger partial charge in [0.15, 0.2) is 0 Å². The summed E-state index contributed by atoms with van der Waals surface area (Å²) in [5.41, 5.74) is 0. The summed E-state index contributed by atoms with van der Waals surface area (Å²) in [6, 6.07) is 0. The van der Waals surface area contributed by atoms with Crippen molar-refractivity contribution in [3.8, 4) is 0 Å². The van der Waals surface area contributed by atoms with Gasteiger partial charge in [-0.2, -0.15) is 0 Å². The highest BCUT2D eigenvalue weighted by Gasteiger charge is 1.86. The topological polar surface area (TPSA) is 53.1 Å². The molecule has 0 aliphatic carbocycles. The van der Waals surface area contributed by atoms with Crippen LogP contribution in [0.5, 0.6) is 0 Å². The van der Waals surface area contributed by atoms with Gasteiger partial charge in [-0.15, -0.1) is 0 Å². The molecule has 0 unspecified atom stereocenters. The number of rotatable bonds is 0. The van der Waals surface area contributed by atoms with Crippen LogP contribution in [-0.4, -0.2) is 18.3 Å². The molecule has 0 spiro atoms.